The summed E-state index contributed by atoms with van der Waals surface area (Å²) in [4.78, 5) is 24.9. The van der Waals surface area contributed by atoms with Crippen molar-refractivity contribution in [2.24, 2.45) is 5.92 Å². The highest BCUT2D eigenvalue weighted by Crippen LogP contribution is 2.17. The number of rotatable bonds is 2. The van der Waals surface area contributed by atoms with Crippen molar-refractivity contribution in [2.45, 2.75) is 18.9 Å². The minimum Gasteiger partial charge on any atom is -0.356 e. The van der Waals surface area contributed by atoms with Crippen LogP contribution in [0.3, 0.4) is 0 Å². The van der Waals surface area contributed by atoms with E-state index in [4.69, 9.17) is 0 Å². The molecule has 2 saturated heterocycles. The van der Waals surface area contributed by atoms with Crippen LogP contribution >= 0.6 is 0 Å². The maximum absolute atomic E-state index is 12.0. The minimum atomic E-state index is -0.107. The van der Waals surface area contributed by atoms with Gasteiger partial charge in [-0.05, 0) is 6.42 Å². The summed E-state index contributed by atoms with van der Waals surface area (Å²) in [6, 6.07) is 0.322. The van der Waals surface area contributed by atoms with E-state index in [9.17, 15) is 9.59 Å². The summed E-state index contributed by atoms with van der Waals surface area (Å²) in [5, 5.41) is 5.88. The second-order valence-electron chi connectivity index (χ2n) is 4.30. The quantitative estimate of drug-likeness (QED) is 0.612. The van der Waals surface area contributed by atoms with Gasteiger partial charge < -0.3 is 15.5 Å². The second-order valence-corrected chi connectivity index (χ2v) is 4.30. The Bertz CT molecular complexity index is 276. The Morgan fingerprint density at radius 1 is 1.47 bits per heavy atom. The molecular formula is C10H17N3O2. The third-order valence-corrected chi connectivity index (χ3v) is 3.25. The number of amides is 2. The zero-order chi connectivity index (χ0) is 10.8. The molecule has 0 aliphatic carbocycles. The maximum atomic E-state index is 12.0. The first-order valence-corrected chi connectivity index (χ1v) is 5.42. The van der Waals surface area contributed by atoms with Crippen LogP contribution in [0.25, 0.3) is 0 Å². The van der Waals surface area contributed by atoms with E-state index in [1.54, 1.807) is 4.90 Å². The fourth-order valence-electron chi connectivity index (χ4n) is 2.01. The number of carbonyl (C=O) groups excluding carboxylic acids is 2. The van der Waals surface area contributed by atoms with Crippen molar-refractivity contribution in [2.75, 3.05) is 26.7 Å². The monoisotopic (exact) mass is 211 g/mol. The molecule has 0 aromatic carbocycles. The Kier molecular flexibility index (Phi) is 2.90. The molecule has 2 amide bonds. The number of nitrogens with zero attached hydrogens (tertiary/aromatic N) is 1. The van der Waals surface area contributed by atoms with Crippen LogP contribution in [0.1, 0.15) is 12.8 Å². The molecule has 0 spiro atoms. The summed E-state index contributed by atoms with van der Waals surface area (Å²) < 4.78 is 0. The second kappa shape index (κ2) is 4.18. The number of nitrogens with one attached hydrogen (secondary N) is 2. The number of hydrogen-bond acceptors (Lipinski definition) is 3. The van der Waals surface area contributed by atoms with Crippen molar-refractivity contribution in [3.63, 3.8) is 0 Å². The molecule has 84 valence electrons. The summed E-state index contributed by atoms with van der Waals surface area (Å²) >= 11 is 0. The van der Waals surface area contributed by atoms with E-state index in [2.05, 4.69) is 10.6 Å². The van der Waals surface area contributed by atoms with Crippen molar-refractivity contribution in [3.8, 4) is 0 Å². The van der Waals surface area contributed by atoms with Gasteiger partial charge in [0, 0.05) is 39.0 Å². The normalized spacial score (nSPS) is 26.7. The highest BCUT2D eigenvalue weighted by molar-refractivity contribution is 5.87. The molecule has 1 unspecified atom stereocenters. The molecule has 5 heteroatoms. The van der Waals surface area contributed by atoms with E-state index >= 15 is 0 Å². The summed E-state index contributed by atoms with van der Waals surface area (Å²) in [5.41, 5.74) is 0. The van der Waals surface area contributed by atoms with Gasteiger partial charge in [-0.3, -0.25) is 9.59 Å². The molecule has 0 aromatic rings. The van der Waals surface area contributed by atoms with Gasteiger partial charge >= 0.3 is 0 Å². The van der Waals surface area contributed by atoms with Crippen LogP contribution < -0.4 is 10.6 Å². The number of likely N-dealkylation sites (N-methyl/N-ethyl adjacent to an activating group) is 1. The minimum absolute atomic E-state index is 0.000246. The highest BCUT2D eigenvalue weighted by Gasteiger charge is 2.32. The van der Waals surface area contributed by atoms with E-state index in [0.29, 0.717) is 19.0 Å². The molecule has 0 bridgehead atoms. The van der Waals surface area contributed by atoms with Crippen LogP contribution in [0, 0.1) is 5.92 Å². The molecular weight excluding hydrogens is 194 g/mol. The Morgan fingerprint density at radius 3 is 2.73 bits per heavy atom. The average molecular weight is 211 g/mol. The van der Waals surface area contributed by atoms with Crippen LogP contribution in [0.15, 0.2) is 0 Å². The third kappa shape index (κ3) is 2.12. The van der Waals surface area contributed by atoms with Gasteiger partial charge in [0.25, 0.3) is 0 Å². The molecule has 1 atom stereocenters. The SMILES string of the molecule is CN(C(=O)C1CCNC(=O)C1)C1CNC1. The Morgan fingerprint density at radius 2 is 2.20 bits per heavy atom. The largest absolute Gasteiger partial charge is 0.356 e. The zero-order valence-electron chi connectivity index (χ0n) is 8.95. The van der Waals surface area contributed by atoms with Crippen molar-refractivity contribution in [3.05, 3.63) is 0 Å². The van der Waals surface area contributed by atoms with Gasteiger partial charge in [-0.1, -0.05) is 0 Å². The first-order chi connectivity index (χ1) is 7.18. The lowest BCUT2D eigenvalue weighted by Gasteiger charge is -2.38. The highest BCUT2D eigenvalue weighted by atomic mass is 16.2. The first kappa shape index (κ1) is 10.4. The van der Waals surface area contributed by atoms with Gasteiger partial charge in [-0.2, -0.15) is 0 Å². The van der Waals surface area contributed by atoms with Gasteiger partial charge in [0.2, 0.25) is 11.8 Å². The van der Waals surface area contributed by atoms with Crippen LogP contribution in [0.4, 0.5) is 0 Å². The maximum Gasteiger partial charge on any atom is 0.226 e. The van der Waals surface area contributed by atoms with Gasteiger partial charge in [0.05, 0.1) is 6.04 Å². The molecule has 0 saturated carbocycles. The van der Waals surface area contributed by atoms with E-state index in [1.165, 1.54) is 0 Å². The molecule has 2 aliphatic rings. The molecule has 0 radical (unpaired) electrons. The van der Waals surface area contributed by atoms with Crippen molar-refractivity contribution in [1.29, 1.82) is 0 Å². The van der Waals surface area contributed by atoms with Gasteiger partial charge in [0.15, 0.2) is 0 Å². The Labute approximate surface area is 89.2 Å². The standard InChI is InChI=1S/C10H17N3O2/c1-13(8-5-11-6-8)10(15)7-2-3-12-9(14)4-7/h7-8,11H,2-6H2,1H3,(H,12,14). The fraction of sp³-hybridized carbons (Fsp3) is 0.800. The summed E-state index contributed by atoms with van der Waals surface area (Å²) in [6.07, 6.45) is 1.12. The Hall–Kier alpha value is -1.10. The lowest BCUT2D eigenvalue weighted by Crippen LogP contribution is -2.59. The number of hydrogen-bond donors (Lipinski definition) is 2. The van der Waals surface area contributed by atoms with Crippen molar-refractivity contribution < 1.29 is 9.59 Å². The predicted molar refractivity (Wildman–Crippen MR) is 55.2 cm³/mol. The van der Waals surface area contributed by atoms with Gasteiger partial charge in [0.1, 0.15) is 0 Å². The molecule has 0 aromatic heterocycles. The molecule has 2 aliphatic heterocycles. The zero-order valence-corrected chi connectivity index (χ0v) is 8.95. The third-order valence-electron chi connectivity index (χ3n) is 3.25. The molecule has 2 fully saturated rings. The first-order valence-electron chi connectivity index (χ1n) is 5.42. The average Bonchev–Trinajstić information content (AvgIpc) is 2.14. The van der Waals surface area contributed by atoms with E-state index in [1.807, 2.05) is 7.05 Å². The van der Waals surface area contributed by atoms with Gasteiger partial charge in [-0.15, -0.1) is 0 Å². The van der Waals surface area contributed by atoms with Crippen LogP contribution in [0.5, 0.6) is 0 Å². The Balaban J connectivity index is 1.90. The van der Waals surface area contributed by atoms with Gasteiger partial charge in [-0.25, -0.2) is 0 Å². The molecule has 15 heavy (non-hydrogen) atoms. The lowest BCUT2D eigenvalue weighted by atomic mass is 9.95. The van der Waals surface area contributed by atoms with E-state index < -0.39 is 0 Å². The number of piperidine rings is 1. The van der Waals surface area contributed by atoms with Crippen molar-refractivity contribution in [1.82, 2.24) is 15.5 Å². The summed E-state index contributed by atoms with van der Waals surface area (Å²) in [5.74, 6) is 0.0143. The summed E-state index contributed by atoms with van der Waals surface area (Å²) in [7, 11) is 1.83. The van der Waals surface area contributed by atoms with Crippen LogP contribution in [-0.4, -0.2) is 49.4 Å². The van der Waals surface area contributed by atoms with E-state index in [-0.39, 0.29) is 17.7 Å². The van der Waals surface area contributed by atoms with Crippen LogP contribution in [0.2, 0.25) is 0 Å². The van der Waals surface area contributed by atoms with Crippen molar-refractivity contribution >= 4 is 11.8 Å². The topological polar surface area (TPSA) is 61.4 Å². The van der Waals surface area contributed by atoms with Crippen LogP contribution in [-0.2, 0) is 9.59 Å². The molecule has 2 N–H and O–H groups in total. The smallest absolute Gasteiger partial charge is 0.226 e. The number of carbonyl (C=O) groups is 2. The summed E-state index contributed by atoms with van der Waals surface area (Å²) in [6.45, 7) is 2.38. The molecule has 2 rings (SSSR count). The lowest BCUT2D eigenvalue weighted by molar-refractivity contribution is -0.141. The van der Waals surface area contributed by atoms with E-state index in [0.717, 1.165) is 19.5 Å². The fourth-order valence-corrected chi connectivity index (χ4v) is 2.01. The predicted octanol–water partition coefficient (Wildman–Crippen LogP) is -1.06. The molecule has 2 heterocycles. The molecule has 5 nitrogen and oxygen atoms in total.